The van der Waals surface area contributed by atoms with E-state index in [4.69, 9.17) is 0 Å². The van der Waals surface area contributed by atoms with Gasteiger partial charge in [0.05, 0.1) is 0 Å². The average Bonchev–Trinajstić information content (AvgIpc) is 3.16. The van der Waals surface area contributed by atoms with Gasteiger partial charge in [-0.3, -0.25) is 0 Å². The standard InChI is InChI=1S/C31H22.2C2H6/c1-31(2)27-16-14-23-17-21-8-3-4-9-22(21)18-26(23)29(27)25-15-13-20-12-11-19-7-5-6-10-24(19)28(20)30(25)31;2*1-2/h3-18H,1-2H3;2*1-2H3. The molecule has 0 unspecified atom stereocenters. The minimum atomic E-state index is -0.0475. The molecule has 1 aliphatic carbocycles. The van der Waals surface area contributed by atoms with Crippen LogP contribution in [0, 0.1) is 0 Å². The van der Waals surface area contributed by atoms with Crippen LogP contribution in [-0.4, -0.2) is 0 Å². The summed E-state index contributed by atoms with van der Waals surface area (Å²) in [7, 11) is 0. The molecule has 0 spiro atoms. The summed E-state index contributed by atoms with van der Waals surface area (Å²) in [5, 5.41) is 10.7. The van der Waals surface area contributed by atoms with Gasteiger partial charge in [-0.2, -0.15) is 0 Å². The van der Waals surface area contributed by atoms with E-state index in [2.05, 4.69) is 111 Å². The lowest BCUT2D eigenvalue weighted by atomic mass is 9.79. The van der Waals surface area contributed by atoms with Crippen molar-refractivity contribution in [3.05, 3.63) is 108 Å². The first kappa shape index (κ1) is 23.1. The van der Waals surface area contributed by atoms with Crippen molar-refractivity contribution >= 4 is 43.1 Å². The summed E-state index contributed by atoms with van der Waals surface area (Å²) in [6.45, 7) is 12.8. The Morgan fingerprint density at radius 3 is 1.80 bits per heavy atom. The van der Waals surface area contributed by atoms with Crippen molar-refractivity contribution in [3.63, 3.8) is 0 Å². The largest absolute Gasteiger partial charge is 0.0683 e. The summed E-state index contributed by atoms with van der Waals surface area (Å²) < 4.78 is 0. The molecule has 0 saturated heterocycles. The zero-order valence-corrected chi connectivity index (χ0v) is 21.7. The molecule has 6 aromatic rings. The lowest BCUT2D eigenvalue weighted by Gasteiger charge is -2.24. The quantitative estimate of drug-likeness (QED) is 0.158. The van der Waals surface area contributed by atoms with E-state index in [1.54, 1.807) is 0 Å². The molecule has 1 aliphatic rings. The van der Waals surface area contributed by atoms with E-state index in [1.807, 2.05) is 27.7 Å². The van der Waals surface area contributed by atoms with Crippen LogP contribution in [0.5, 0.6) is 0 Å². The lowest BCUT2D eigenvalue weighted by molar-refractivity contribution is 0.667. The summed E-state index contributed by atoms with van der Waals surface area (Å²) in [4.78, 5) is 0. The molecular formula is C35H34. The van der Waals surface area contributed by atoms with Crippen LogP contribution in [0.4, 0.5) is 0 Å². The monoisotopic (exact) mass is 454 g/mol. The highest BCUT2D eigenvalue weighted by molar-refractivity contribution is 6.16. The van der Waals surface area contributed by atoms with Gasteiger partial charge in [0, 0.05) is 5.41 Å². The normalized spacial score (nSPS) is 13.1. The molecule has 0 N–H and O–H groups in total. The van der Waals surface area contributed by atoms with Crippen molar-refractivity contribution in [2.45, 2.75) is 47.0 Å². The summed E-state index contributed by atoms with van der Waals surface area (Å²) in [5.41, 5.74) is 5.67. The van der Waals surface area contributed by atoms with Crippen molar-refractivity contribution in [1.29, 1.82) is 0 Å². The maximum absolute atomic E-state index is 2.39. The van der Waals surface area contributed by atoms with Crippen LogP contribution in [0.15, 0.2) is 97.1 Å². The van der Waals surface area contributed by atoms with E-state index in [-0.39, 0.29) is 5.41 Å². The molecule has 174 valence electrons. The van der Waals surface area contributed by atoms with E-state index in [1.165, 1.54) is 65.3 Å². The summed E-state index contributed by atoms with van der Waals surface area (Å²) in [6.07, 6.45) is 0. The molecule has 0 aromatic heterocycles. The molecule has 0 radical (unpaired) electrons. The Hall–Kier alpha value is -3.64. The van der Waals surface area contributed by atoms with Gasteiger partial charge in [-0.15, -0.1) is 0 Å². The zero-order chi connectivity index (χ0) is 24.7. The third kappa shape index (κ3) is 3.35. The lowest BCUT2D eigenvalue weighted by Crippen LogP contribution is -2.15. The Labute approximate surface area is 209 Å². The molecule has 0 saturated carbocycles. The number of rotatable bonds is 0. The molecule has 0 heterocycles. The number of benzene rings is 6. The van der Waals surface area contributed by atoms with Crippen molar-refractivity contribution in [3.8, 4) is 11.1 Å². The summed E-state index contributed by atoms with van der Waals surface area (Å²) >= 11 is 0. The second-order valence-electron chi connectivity index (χ2n) is 9.41. The fourth-order valence-corrected chi connectivity index (χ4v) is 5.91. The SMILES string of the molecule is CC.CC.CC1(C)c2ccc3cc4ccccc4cc3c2-c2ccc3ccc4ccccc4c3c21. The van der Waals surface area contributed by atoms with Crippen LogP contribution in [-0.2, 0) is 5.41 Å². The molecule has 0 heteroatoms. The number of fused-ring (bicyclic) bond motifs is 10. The first-order valence-electron chi connectivity index (χ1n) is 13.0. The fourth-order valence-electron chi connectivity index (χ4n) is 5.91. The number of hydrogen-bond acceptors (Lipinski definition) is 0. The van der Waals surface area contributed by atoms with Crippen molar-refractivity contribution < 1.29 is 0 Å². The zero-order valence-electron chi connectivity index (χ0n) is 21.7. The minimum absolute atomic E-state index is 0.0475. The Kier molecular flexibility index (Phi) is 5.85. The predicted octanol–water partition coefficient (Wildman–Crippen LogP) is 10.7. The third-order valence-corrected chi connectivity index (χ3v) is 7.36. The third-order valence-electron chi connectivity index (χ3n) is 7.36. The molecule has 0 bridgehead atoms. The van der Waals surface area contributed by atoms with Crippen LogP contribution < -0.4 is 0 Å². The van der Waals surface area contributed by atoms with Crippen LogP contribution in [0.25, 0.3) is 54.2 Å². The highest BCUT2D eigenvalue weighted by Crippen LogP contribution is 2.54. The topological polar surface area (TPSA) is 0 Å². The Morgan fingerprint density at radius 2 is 1.06 bits per heavy atom. The van der Waals surface area contributed by atoms with E-state index in [9.17, 15) is 0 Å². The van der Waals surface area contributed by atoms with Gasteiger partial charge in [0.25, 0.3) is 0 Å². The molecule has 0 atom stereocenters. The Morgan fingerprint density at radius 1 is 0.486 bits per heavy atom. The van der Waals surface area contributed by atoms with Gasteiger partial charge in [0.15, 0.2) is 0 Å². The van der Waals surface area contributed by atoms with Crippen LogP contribution in [0.2, 0.25) is 0 Å². The van der Waals surface area contributed by atoms with Gasteiger partial charge in [0.2, 0.25) is 0 Å². The molecule has 6 aromatic carbocycles. The van der Waals surface area contributed by atoms with Gasteiger partial charge in [-0.05, 0) is 77.5 Å². The first-order chi connectivity index (χ1) is 17.1. The Bertz CT molecular complexity index is 1700. The van der Waals surface area contributed by atoms with E-state index in [0.717, 1.165) is 0 Å². The van der Waals surface area contributed by atoms with E-state index >= 15 is 0 Å². The molecule has 0 amide bonds. The highest BCUT2D eigenvalue weighted by Gasteiger charge is 2.38. The van der Waals surface area contributed by atoms with Crippen molar-refractivity contribution in [2.24, 2.45) is 0 Å². The molecule has 35 heavy (non-hydrogen) atoms. The predicted molar refractivity (Wildman–Crippen MR) is 157 cm³/mol. The molecular weight excluding hydrogens is 420 g/mol. The van der Waals surface area contributed by atoms with Gasteiger partial charge < -0.3 is 0 Å². The van der Waals surface area contributed by atoms with Crippen LogP contribution in [0.3, 0.4) is 0 Å². The molecule has 7 rings (SSSR count). The molecule has 0 aliphatic heterocycles. The smallest absolute Gasteiger partial charge is 0.0165 e. The minimum Gasteiger partial charge on any atom is -0.0683 e. The van der Waals surface area contributed by atoms with Crippen molar-refractivity contribution in [1.82, 2.24) is 0 Å². The maximum Gasteiger partial charge on any atom is 0.0165 e. The van der Waals surface area contributed by atoms with Crippen LogP contribution >= 0.6 is 0 Å². The maximum atomic E-state index is 2.39. The highest BCUT2D eigenvalue weighted by atomic mass is 14.4. The first-order valence-corrected chi connectivity index (χ1v) is 13.0. The average molecular weight is 455 g/mol. The molecule has 0 nitrogen and oxygen atoms in total. The van der Waals surface area contributed by atoms with E-state index < -0.39 is 0 Å². The van der Waals surface area contributed by atoms with Gasteiger partial charge in [0.1, 0.15) is 0 Å². The van der Waals surface area contributed by atoms with Crippen molar-refractivity contribution in [2.75, 3.05) is 0 Å². The van der Waals surface area contributed by atoms with Gasteiger partial charge in [-0.25, -0.2) is 0 Å². The van der Waals surface area contributed by atoms with Gasteiger partial charge >= 0.3 is 0 Å². The van der Waals surface area contributed by atoms with Crippen LogP contribution in [0.1, 0.15) is 52.7 Å². The summed E-state index contributed by atoms with van der Waals surface area (Å²) in [6, 6.07) is 36.1. The fraction of sp³-hybridized carbons (Fsp3) is 0.200. The second kappa shape index (κ2) is 8.86. The summed E-state index contributed by atoms with van der Waals surface area (Å²) in [5.74, 6) is 0. The second-order valence-corrected chi connectivity index (χ2v) is 9.41. The van der Waals surface area contributed by atoms with Gasteiger partial charge in [-0.1, -0.05) is 126 Å². The van der Waals surface area contributed by atoms with E-state index in [0.29, 0.717) is 0 Å². The molecule has 0 fully saturated rings. The number of hydrogen-bond donors (Lipinski definition) is 0. The Balaban J connectivity index is 0.000000605.